The Kier molecular flexibility index (Phi) is 2.81. The average molecular weight is 218 g/mol. The van der Waals surface area contributed by atoms with Crippen molar-refractivity contribution in [2.75, 3.05) is 0 Å². The van der Waals surface area contributed by atoms with Gasteiger partial charge >= 0.3 is 0 Å². The SMILES string of the molecule is Cc1cc(F)cc(C(=O)Cl)c1[N+](=O)[O-]. The van der Waals surface area contributed by atoms with Gasteiger partial charge in [-0.3, -0.25) is 14.9 Å². The second-order valence-corrected chi connectivity index (χ2v) is 2.99. The standard InChI is InChI=1S/C8H5ClFNO3/c1-4-2-5(10)3-6(8(9)12)7(4)11(13)14/h2-3H,1H3. The van der Waals surface area contributed by atoms with Gasteiger partial charge in [-0.25, -0.2) is 4.39 Å². The van der Waals surface area contributed by atoms with Crippen LogP contribution in [0.5, 0.6) is 0 Å². The Morgan fingerprint density at radius 2 is 2.14 bits per heavy atom. The number of hydrogen-bond acceptors (Lipinski definition) is 3. The van der Waals surface area contributed by atoms with E-state index in [0.29, 0.717) is 0 Å². The zero-order valence-electron chi connectivity index (χ0n) is 7.08. The molecule has 0 aromatic heterocycles. The lowest BCUT2D eigenvalue weighted by Crippen LogP contribution is -2.01. The van der Waals surface area contributed by atoms with Crippen molar-refractivity contribution in [3.05, 3.63) is 39.2 Å². The fourth-order valence-corrected chi connectivity index (χ4v) is 1.27. The van der Waals surface area contributed by atoms with Gasteiger partial charge in [0.15, 0.2) is 0 Å². The van der Waals surface area contributed by atoms with E-state index < -0.39 is 27.2 Å². The highest BCUT2D eigenvalue weighted by Gasteiger charge is 2.22. The van der Waals surface area contributed by atoms with Gasteiger partial charge in [-0.1, -0.05) is 0 Å². The Balaban J connectivity index is 3.52. The number of rotatable bonds is 2. The Bertz CT molecular complexity index is 419. The third kappa shape index (κ3) is 1.88. The summed E-state index contributed by atoms with van der Waals surface area (Å²) in [6.07, 6.45) is 0. The molecule has 0 aliphatic rings. The Morgan fingerprint density at radius 1 is 1.57 bits per heavy atom. The number of nitrogens with zero attached hydrogens (tertiary/aromatic N) is 1. The van der Waals surface area contributed by atoms with E-state index >= 15 is 0 Å². The first kappa shape index (κ1) is 10.6. The van der Waals surface area contributed by atoms with E-state index in [1.54, 1.807) is 0 Å². The average Bonchev–Trinajstić information content (AvgIpc) is 2.01. The summed E-state index contributed by atoms with van der Waals surface area (Å²) >= 11 is 5.09. The van der Waals surface area contributed by atoms with E-state index in [9.17, 15) is 19.3 Å². The van der Waals surface area contributed by atoms with E-state index in [1.807, 2.05) is 0 Å². The molecule has 0 fully saturated rings. The van der Waals surface area contributed by atoms with Crippen molar-refractivity contribution < 1.29 is 14.1 Å². The smallest absolute Gasteiger partial charge is 0.275 e. The highest BCUT2D eigenvalue weighted by molar-refractivity contribution is 6.68. The summed E-state index contributed by atoms with van der Waals surface area (Å²) in [6.45, 7) is 1.34. The molecule has 0 aliphatic heterocycles. The van der Waals surface area contributed by atoms with Crippen LogP contribution in [0.25, 0.3) is 0 Å². The van der Waals surface area contributed by atoms with Crippen LogP contribution in [0.4, 0.5) is 10.1 Å². The van der Waals surface area contributed by atoms with Crippen LogP contribution in [0.3, 0.4) is 0 Å². The maximum atomic E-state index is 12.8. The van der Waals surface area contributed by atoms with Crippen LogP contribution in [0.1, 0.15) is 15.9 Å². The van der Waals surface area contributed by atoms with Crippen molar-refractivity contribution in [2.24, 2.45) is 0 Å². The summed E-state index contributed by atoms with van der Waals surface area (Å²) in [5.41, 5.74) is -0.806. The molecular formula is C8H5ClFNO3. The molecule has 0 saturated heterocycles. The van der Waals surface area contributed by atoms with E-state index in [2.05, 4.69) is 0 Å². The van der Waals surface area contributed by atoms with Crippen molar-refractivity contribution in [1.29, 1.82) is 0 Å². The van der Waals surface area contributed by atoms with Gasteiger partial charge in [-0.05, 0) is 30.7 Å². The highest BCUT2D eigenvalue weighted by Crippen LogP contribution is 2.25. The van der Waals surface area contributed by atoms with Crippen molar-refractivity contribution in [3.8, 4) is 0 Å². The lowest BCUT2D eigenvalue weighted by molar-refractivity contribution is -0.385. The number of nitro benzene ring substituents is 1. The third-order valence-electron chi connectivity index (χ3n) is 1.66. The van der Waals surface area contributed by atoms with Crippen LogP contribution >= 0.6 is 11.6 Å². The maximum Gasteiger partial charge on any atom is 0.284 e. The summed E-state index contributed by atoms with van der Waals surface area (Å²) in [5, 5.41) is 9.49. The van der Waals surface area contributed by atoms with Gasteiger partial charge in [0.1, 0.15) is 11.4 Å². The Morgan fingerprint density at radius 3 is 2.57 bits per heavy atom. The fraction of sp³-hybridized carbons (Fsp3) is 0.125. The molecule has 0 N–H and O–H groups in total. The molecule has 0 saturated carbocycles. The van der Waals surface area contributed by atoms with E-state index in [-0.39, 0.29) is 5.56 Å². The molecule has 0 unspecified atom stereocenters. The summed E-state index contributed by atoms with van der Waals surface area (Å²) in [7, 11) is 0. The molecule has 6 heteroatoms. The molecule has 1 aromatic rings. The first-order valence-corrected chi connectivity index (χ1v) is 3.95. The van der Waals surface area contributed by atoms with Gasteiger partial charge in [0.2, 0.25) is 0 Å². The van der Waals surface area contributed by atoms with Gasteiger partial charge in [-0.2, -0.15) is 0 Å². The lowest BCUT2D eigenvalue weighted by atomic mass is 10.1. The molecule has 0 spiro atoms. The molecule has 0 amide bonds. The third-order valence-corrected chi connectivity index (χ3v) is 1.86. The van der Waals surface area contributed by atoms with Crippen LogP contribution in [0, 0.1) is 22.9 Å². The van der Waals surface area contributed by atoms with Crippen LogP contribution in [-0.2, 0) is 0 Å². The van der Waals surface area contributed by atoms with Gasteiger partial charge in [-0.15, -0.1) is 0 Å². The molecular weight excluding hydrogens is 213 g/mol. The molecule has 0 radical (unpaired) electrons. The summed E-state index contributed by atoms with van der Waals surface area (Å²) in [4.78, 5) is 20.5. The predicted molar refractivity (Wildman–Crippen MR) is 48.0 cm³/mol. The van der Waals surface area contributed by atoms with E-state index in [1.165, 1.54) is 6.92 Å². The summed E-state index contributed by atoms with van der Waals surface area (Å²) < 4.78 is 12.8. The molecule has 74 valence electrons. The Hall–Kier alpha value is -1.49. The first-order chi connectivity index (χ1) is 6.43. The van der Waals surface area contributed by atoms with Crippen molar-refractivity contribution >= 4 is 22.5 Å². The summed E-state index contributed by atoms with van der Waals surface area (Å²) in [6, 6.07) is 1.72. The predicted octanol–water partition coefficient (Wildman–Crippen LogP) is 2.42. The number of hydrogen-bond donors (Lipinski definition) is 0. The minimum atomic E-state index is -1.04. The number of nitro groups is 1. The molecule has 0 bridgehead atoms. The van der Waals surface area contributed by atoms with Gasteiger partial charge in [0.05, 0.1) is 4.92 Å². The van der Waals surface area contributed by atoms with Crippen LogP contribution in [0.2, 0.25) is 0 Å². The number of aryl methyl sites for hydroxylation is 1. The number of halogens is 2. The second-order valence-electron chi connectivity index (χ2n) is 2.65. The van der Waals surface area contributed by atoms with Crippen molar-refractivity contribution in [1.82, 2.24) is 0 Å². The zero-order valence-corrected chi connectivity index (χ0v) is 7.84. The zero-order chi connectivity index (χ0) is 10.9. The molecule has 0 heterocycles. The summed E-state index contributed by atoms with van der Waals surface area (Å²) in [5.74, 6) is -0.725. The molecule has 1 aromatic carbocycles. The van der Waals surface area contributed by atoms with Crippen LogP contribution in [-0.4, -0.2) is 10.2 Å². The second kappa shape index (κ2) is 3.71. The molecule has 14 heavy (non-hydrogen) atoms. The normalized spacial score (nSPS) is 9.93. The van der Waals surface area contributed by atoms with Gasteiger partial charge < -0.3 is 0 Å². The van der Waals surface area contributed by atoms with Gasteiger partial charge in [0.25, 0.3) is 10.9 Å². The van der Waals surface area contributed by atoms with Crippen molar-refractivity contribution in [3.63, 3.8) is 0 Å². The minimum absolute atomic E-state index is 0.0685. The highest BCUT2D eigenvalue weighted by atomic mass is 35.5. The molecule has 0 aliphatic carbocycles. The largest absolute Gasteiger partial charge is 0.284 e. The topological polar surface area (TPSA) is 60.2 Å². The van der Waals surface area contributed by atoms with Crippen LogP contribution in [0.15, 0.2) is 12.1 Å². The van der Waals surface area contributed by atoms with Crippen LogP contribution < -0.4 is 0 Å². The number of carbonyl (C=O) groups is 1. The fourth-order valence-electron chi connectivity index (χ4n) is 1.13. The molecule has 4 nitrogen and oxygen atoms in total. The quantitative estimate of drug-likeness (QED) is 0.434. The first-order valence-electron chi connectivity index (χ1n) is 3.58. The number of carbonyl (C=O) groups excluding carboxylic acids is 1. The van der Waals surface area contributed by atoms with Crippen molar-refractivity contribution in [2.45, 2.75) is 6.92 Å². The van der Waals surface area contributed by atoms with E-state index in [4.69, 9.17) is 11.6 Å². The van der Waals surface area contributed by atoms with E-state index in [0.717, 1.165) is 12.1 Å². The number of benzene rings is 1. The molecule has 1 rings (SSSR count). The van der Waals surface area contributed by atoms with Gasteiger partial charge in [0, 0.05) is 5.56 Å². The minimum Gasteiger partial charge on any atom is -0.275 e. The Labute approximate surface area is 83.4 Å². The maximum absolute atomic E-state index is 12.8. The molecule has 0 atom stereocenters. The monoisotopic (exact) mass is 217 g/mol. The lowest BCUT2D eigenvalue weighted by Gasteiger charge is -2.01.